The lowest BCUT2D eigenvalue weighted by atomic mass is 9.88. The normalized spacial score (nSPS) is 25.6. The first-order valence-electron chi connectivity index (χ1n) is 35.7. The van der Waals surface area contributed by atoms with Gasteiger partial charge in [-0.15, -0.1) is 0 Å². The van der Waals surface area contributed by atoms with Gasteiger partial charge < -0.3 is 71.3 Å². The van der Waals surface area contributed by atoms with E-state index in [9.17, 15) is 33.9 Å². The Bertz CT molecular complexity index is 3990. The van der Waals surface area contributed by atoms with Crippen LogP contribution in [0.4, 0.5) is 4.39 Å². The first kappa shape index (κ1) is 78.2. The highest BCUT2D eigenvalue weighted by atomic mass is 19.1. The molecule has 104 heavy (non-hydrogen) atoms. The Hall–Kier alpha value is -9.99. The third-order valence-corrected chi connectivity index (χ3v) is 20.3. The van der Waals surface area contributed by atoms with Gasteiger partial charge in [-0.1, -0.05) is 79.7 Å². The molecule has 26 nitrogen and oxygen atoms in total. The number of carbonyl (C=O) groups is 12. The number of hydrogen-bond acceptors (Lipinski definition) is 15. The number of rotatable bonds is 5. The molecule has 5 aromatic rings. The zero-order valence-corrected chi connectivity index (χ0v) is 59.4. The van der Waals surface area contributed by atoms with Crippen molar-refractivity contribution in [2.24, 2.45) is 11.8 Å². The molecule has 0 spiro atoms. The topological polar surface area (TPSA) is 366 Å². The van der Waals surface area contributed by atoms with Crippen molar-refractivity contribution >= 4 is 82.0 Å². The van der Waals surface area contributed by atoms with E-state index in [0.717, 1.165) is 11.1 Å². The number of allylic oxidation sites excluding steroid dienone is 2. The maximum atomic E-state index is 16.1. The average Bonchev–Trinajstić information content (AvgIpc) is 1.62. The number of aryl methyl sites for hydroxylation is 1. The Kier molecular flexibility index (Phi) is 27.4. The van der Waals surface area contributed by atoms with Gasteiger partial charge in [0.05, 0.1) is 30.9 Å². The molecular weight excluding hydrogens is 1340 g/mol. The van der Waals surface area contributed by atoms with Crippen molar-refractivity contribution in [2.75, 3.05) is 39.9 Å². The summed E-state index contributed by atoms with van der Waals surface area (Å²) in [4.78, 5) is 175. The van der Waals surface area contributed by atoms with Crippen LogP contribution in [0.2, 0.25) is 0 Å². The van der Waals surface area contributed by atoms with Gasteiger partial charge >= 0.3 is 0 Å². The molecule has 0 aliphatic carbocycles. The number of ether oxygens (including phenoxy) is 2. The minimum Gasteiger partial charge on any atom is -0.497 e. The van der Waals surface area contributed by atoms with Crippen molar-refractivity contribution in [2.45, 2.75) is 185 Å². The number of quaternary nitrogens is 1. The molecule has 6 aliphatic rings. The minimum atomic E-state index is -1.80. The maximum Gasteiger partial charge on any atom is 0.290 e. The van der Waals surface area contributed by atoms with E-state index in [4.69, 9.17) is 19.4 Å². The van der Waals surface area contributed by atoms with Gasteiger partial charge in [-0.3, -0.25) is 57.5 Å². The maximum absolute atomic E-state index is 16.1. The predicted octanol–water partition coefficient (Wildman–Crippen LogP) is 3.31. The molecule has 11 rings (SSSR count). The summed E-state index contributed by atoms with van der Waals surface area (Å²) in [5.74, 6) is -9.22. The summed E-state index contributed by atoms with van der Waals surface area (Å²) in [5.41, 5.74) is 7.20. The summed E-state index contributed by atoms with van der Waals surface area (Å²) in [7, 11) is 1.50. The van der Waals surface area contributed by atoms with Crippen LogP contribution in [0.1, 0.15) is 125 Å². The quantitative estimate of drug-likeness (QED) is 0.0924. The van der Waals surface area contributed by atoms with Crippen molar-refractivity contribution in [3.8, 4) is 5.75 Å². The third kappa shape index (κ3) is 20.0. The molecule has 0 unspecified atom stereocenters. The van der Waals surface area contributed by atoms with E-state index >= 15 is 28.4 Å². The highest BCUT2D eigenvalue weighted by molar-refractivity contribution is 6.00. The van der Waals surface area contributed by atoms with Crippen molar-refractivity contribution in [1.29, 1.82) is 0 Å². The summed E-state index contributed by atoms with van der Waals surface area (Å²) >= 11 is 0. The molecule has 4 aromatic carbocycles. The number of amides is 8. The number of methoxy groups -OCH3 is 1. The summed E-state index contributed by atoms with van der Waals surface area (Å²) in [5, 5.41) is 32.8. The number of nitrogens with zero attached hydrogens (tertiary/aromatic N) is 4. The van der Waals surface area contributed by atoms with Crippen LogP contribution in [0, 0.1) is 17.7 Å². The minimum absolute atomic E-state index is 0.0212. The number of aliphatic hydroxyl groups is 1. The van der Waals surface area contributed by atoms with Crippen LogP contribution in [0.15, 0.2) is 109 Å². The number of carboxylic acid groups (broad SMARTS) is 1. The van der Waals surface area contributed by atoms with Crippen molar-refractivity contribution < 1.29 is 87.3 Å². The van der Waals surface area contributed by atoms with Gasteiger partial charge in [0, 0.05) is 107 Å². The first-order valence-corrected chi connectivity index (χ1v) is 35.7. The van der Waals surface area contributed by atoms with Crippen LogP contribution in [-0.2, 0) is 108 Å². The van der Waals surface area contributed by atoms with Gasteiger partial charge in [0.25, 0.3) is 6.47 Å². The van der Waals surface area contributed by atoms with Gasteiger partial charge in [-0.25, -0.2) is 4.39 Å². The Balaban J connectivity index is 0.00000411. The lowest BCUT2D eigenvalue weighted by Crippen LogP contribution is -2.65. The van der Waals surface area contributed by atoms with E-state index in [1.54, 1.807) is 72.6 Å². The largest absolute Gasteiger partial charge is 0.497 e. The molecule has 12 bridgehead atoms. The zero-order chi connectivity index (χ0) is 74.8. The molecule has 1 aromatic heterocycles. The Morgan fingerprint density at radius 3 is 2.20 bits per heavy atom. The van der Waals surface area contributed by atoms with Crippen LogP contribution in [0.3, 0.4) is 0 Å². The molecule has 556 valence electrons. The monoisotopic (exact) mass is 1440 g/mol. The predicted molar refractivity (Wildman–Crippen MR) is 379 cm³/mol. The van der Waals surface area contributed by atoms with E-state index < -0.39 is 126 Å². The number of fused-ring (bicyclic) bond motifs is 16. The van der Waals surface area contributed by atoms with Crippen LogP contribution in [0.25, 0.3) is 10.9 Å². The molecule has 2 saturated heterocycles. The fourth-order valence-corrected chi connectivity index (χ4v) is 14.5. The van der Waals surface area contributed by atoms with E-state index in [2.05, 4.69) is 32.3 Å². The van der Waals surface area contributed by atoms with Crippen LogP contribution >= 0.6 is 0 Å². The fourth-order valence-electron chi connectivity index (χ4n) is 14.5. The van der Waals surface area contributed by atoms with Gasteiger partial charge in [0.2, 0.25) is 47.3 Å². The molecule has 8 amide bonds. The number of ketones is 3. The summed E-state index contributed by atoms with van der Waals surface area (Å²) in [6.07, 6.45) is 4.08. The zero-order valence-electron chi connectivity index (χ0n) is 59.4. The van der Waals surface area contributed by atoms with Crippen LogP contribution < -0.4 is 37.1 Å². The molecule has 2 fully saturated rings. The summed E-state index contributed by atoms with van der Waals surface area (Å²) in [6, 6.07) is 18.2. The van der Waals surface area contributed by atoms with Gasteiger partial charge in [-0.05, 0) is 135 Å². The number of aliphatic hydroxyl groups excluding tert-OH is 1. The highest BCUT2D eigenvalue weighted by Gasteiger charge is 2.49. The fraction of sp³-hybridized carbons (Fsp3) is 0.481. The number of benzene rings is 4. The van der Waals surface area contributed by atoms with E-state index in [0.29, 0.717) is 84.0 Å². The Morgan fingerprint density at radius 2 is 1.47 bits per heavy atom. The lowest BCUT2D eigenvalue weighted by Gasteiger charge is -2.37. The van der Waals surface area contributed by atoms with Gasteiger partial charge in [0.15, 0.2) is 17.6 Å². The van der Waals surface area contributed by atoms with Crippen LogP contribution in [0.5, 0.6) is 5.75 Å². The summed E-state index contributed by atoms with van der Waals surface area (Å²) in [6.45, 7) is 4.28. The number of halogens is 1. The smallest absolute Gasteiger partial charge is 0.290 e. The molecule has 27 heteroatoms. The van der Waals surface area contributed by atoms with E-state index in [-0.39, 0.29) is 115 Å². The van der Waals surface area contributed by atoms with E-state index in [1.807, 2.05) is 41.0 Å². The van der Waals surface area contributed by atoms with Crippen molar-refractivity contribution in [3.05, 3.63) is 149 Å². The number of Topliss-reactive ketones (excluding diaryl/α,β-unsaturated/α-hetero) is 3. The molecule has 6 aliphatic heterocycles. The Labute approximate surface area is 603 Å². The number of hydrogen-bond donors (Lipinski definition) is 8. The number of nitrogens with one attached hydrogen (secondary N) is 5. The number of aromatic nitrogens is 1. The molecule has 10 N–H and O–H groups in total. The highest BCUT2D eigenvalue weighted by Crippen LogP contribution is 2.35. The second-order valence-corrected chi connectivity index (χ2v) is 27.8. The molecule has 10 atom stereocenters. The van der Waals surface area contributed by atoms with E-state index in [1.165, 1.54) is 42.9 Å². The second kappa shape index (κ2) is 36.4. The SMILES string of the molecule is COc1ccc(C[C@@H]2NC(=O)[C@H]([C@@H](C)O)NC(=O)[C@@H]3[C@@H]4CCN3C(=O)[C@H]3CC(=O)[C@H](Cc5cccc(c5)CNC(=O)CO4)NC(=O)[C@@H](C[NH3+])NC(=O)[C@H](C)CC(=O)CCC(=O)N(CCCC=CCn4cc(c5cc(F)ccc54)C3)Cc3ccc(cc3)CCCC(=O)[C@]3(C)CCCN3C2=O)cc1.O=CO. The first-order chi connectivity index (χ1) is 49.9. The average molecular weight is 1440 g/mol. The lowest BCUT2D eigenvalue weighted by molar-refractivity contribution is -0.370. The van der Waals surface area contributed by atoms with Gasteiger partial charge in [0.1, 0.15) is 48.6 Å². The number of carbonyl (C=O) groups excluding carboxylic acids is 11. The molecular formula is C77H96FN10O16+. The van der Waals surface area contributed by atoms with Crippen molar-refractivity contribution in [1.82, 2.24) is 45.9 Å². The molecule has 0 radical (unpaired) electrons. The molecule has 0 saturated carbocycles. The second-order valence-electron chi connectivity index (χ2n) is 27.8. The van der Waals surface area contributed by atoms with Gasteiger partial charge in [-0.2, -0.15) is 0 Å². The third-order valence-electron chi connectivity index (χ3n) is 20.3. The Morgan fingerprint density at radius 1 is 0.740 bits per heavy atom. The molecule has 7 heterocycles. The summed E-state index contributed by atoms with van der Waals surface area (Å²) < 4.78 is 29.2. The van der Waals surface area contributed by atoms with Crippen LogP contribution in [-0.4, -0.2) is 188 Å². The van der Waals surface area contributed by atoms with Crippen molar-refractivity contribution in [3.63, 3.8) is 0 Å². The standard InChI is InChI=1S/C76H93FN10O14.CH2O2/c1-46-34-56(89)23-27-67(93)85-31-8-6-5-7-30-84-44-54(58-40-55(77)22-26-62(58)84)38-53-39-63(90)59(80-71(95)61(41-78)82-70(46)94)37-51-13-9-14-52(35-51)42-79-66(92)45-101-64-28-33-86(74(53)98)69(64)73(97)83-68(47(2)88)72(96)81-60(36-49-20-24-57(100-4)25-21-49)75(99)87-32-11-29-76(87,3)65(91)15-10-12-48-16-18-50(43-85)19-17-48;2-1-3/h5,7,9,13-14,16-22,24-26,35,40,44,46-47,53,59-61,64,68-69,88H,6,8,10-12,15,23,27-34,36-39,41-43,45,78H2,1-4H3,(H,79,92)(H,80,95)(H,81,96)(H,82,94)(H,83,97);1H,(H,2,3)/p+1/t46-,47-,53-,59+,60+,61-,64+,68+,69+,76+;/m1./s1.